The van der Waals surface area contributed by atoms with Gasteiger partial charge in [-0.15, -0.1) is 0 Å². The van der Waals surface area contributed by atoms with Gasteiger partial charge in [0.1, 0.15) is 5.75 Å². The summed E-state index contributed by atoms with van der Waals surface area (Å²) in [6, 6.07) is 9.61. The first-order valence-corrected chi connectivity index (χ1v) is 8.68. The molecule has 0 saturated carbocycles. The highest BCUT2D eigenvalue weighted by Crippen LogP contribution is 2.23. The number of rotatable bonds is 4. The molecule has 132 valence electrons. The molecule has 1 fully saturated rings. The molecule has 0 spiro atoms. The van der Waals surface area contributed by atoms with Crippen LogP contribution >= 0.6 is 0 Å². The number of piperidine rings is 1. The van der Waals surface area contributed by atoms with Gasteiger partial charge in [0, 0.05) is 25.4 Å². The molecular formula is C20H24N2O3. The monoisotopic (exact) mass is 340 g/mol. The van der Waals surface area contributed by atoms with E-state index in [4.69, 9.17) is 4.74 Å². The van der Waals surface area contributed by atoms with E-state index in [1.54, 1.807) is 14.0 Å². The van der Waals surface area contributed by atoms with Crippen molar-refractivity contribution in [3.63, 3.8) is 0 Å². The van der Waals surface area contributed by atoms with Gasteiger partial charge in [0.15, 0.2) is 0 Å². The lowest BCUT2D eigenvalue weighted by molar-refractivity contribution is 0.0672. The van der Waals surface area contributed by atoms with Crippen molar-refractivity contribution in [1.82, 2.24) is 9.88 Å². The zero-order chi connectivity index (χ0) is 17.8. The number of nitrogens with zero attached hydrogens (tertiary/aromatic N) is 1. The minimum Gasteiger partial charge on any atom is -0.497 e. The van der Waals surface area contributed by atoms with Gasteiger partial charge in [0.25, 0.3) is 5.91 Å². The summed E-state index contributed by atoms with van der Waals surface area (Å²) < 4.78 is 5.20. The summed E-state index contributed by atoms with van der Waals surface area (Å²) in [4.78, 5) is 28.7. The van der Waals surface area contributed by atoms with Gasteiger partial charge >= 0.3 is 0 Å². The molecule has 0 aliphatic carbocycles. The standard InChI is InChI=1S/C20H24N2O3/c1-14-10-19(23)21-12-18(14)20(24)22-9-3-4-16(13-22)11-15-5-7-17(25-2)8-6-15/h5-8,10,12,16H,3-4,9,11,13H2,1-2H3,(H,21,23). The summed E-state index contributed by atoms with van der Waals surface area (Å²) in [6.07, 6.45) is 4.63. The van der Waals surface area contributed by atoms with Crippen LogP contribution in [0.1, 0.15) is 34.3 Å². The van der Waals surface area contributed by atoms with Crippen molar-refractivity contribution < 1.29 is 9.53 Å². The number of likely N-dealkylation sites (tertiary alicyclic amines) is 1. The molecule has 0 radical (unpaired) electrons. The second-order valence-electron chi connectivity index (χ2n) is 6.71. The van der Waals surface area contributed by atoms with Gasteiger partial charge in [-0.1, -0.05) is 12.1 Å². The SMILES string of the molecule is COc1ccc(CC2CCCN(C(=O)c3c[nH]c(=O)cc3C)C2)cc1. The van der Waals surface area contributed by atoms with E-state index in [1.165, 1.54) is 17.8 Å². The molecule has 1 amide bonds. The van der Waals surface area contributed by atoms with E-state index in [1.807, 2.05) is 17.0 Å². The van der Waals surface area contributed by atoms with E-state index in [-0.39, 0.29) is 11.5 Å². The number of pyridine rings is 1. The van der Waals surface area contributed by atoms with Crippen LogP contribution in [0.2, 0.25) is 0 Å². The molecular weight excluding hydrogens is 316 g/mol. The average molecular weight is 340 g/mol. The van der Waals surface area contributed by atoms with Gasteiger partial charge in [-0.25, -0.2) is 0 Å². The van der Waals surface area contributed by atoms with Gasteiger partial charge in [0.2, 0.25) is 5.56 Å². The van der Waals surface area contributed by atoms with Crippen molar-refractivity contribution in [2.45, 2.75) is 26.2 Å². The van der Waals surface area contributed by atoms with E-state index in [2.05, 4.69) is 17.1 Å². The van der Waals surface area contributed by atoms with Crippen LogP contribution in [0.25, 0.3) is 0 Å². The molecule has 3 rings (SSSR count). The first-order chi connectivity index (χ1) is 12.1. The number of carbonyl (C=O) groups excluding carboxylic acids is 1. The van der Waals surface area contributed by atoms with Crippen LogP contribution in [0, 0.1) is 12.8 Å². The number of amides is 1. The third kappa shape index (κ3) is 4.10. The quantitative estimate of drug-likeness (QED) is 0.931. The second kappa shape index (κ2) is 7.55. The van der Waals surface area contributed by atoms with Crippen molar-refractivity contribution in [2.75, 3.05) is 20.2 Å². The first-order valence-electron chi connectivity index (χ1n) is 8.68. The third-order valence-corrected chi connectivity index (χ3v) is 4.85. The number of hydrogen-bond acceptors (Lipinski definition) is 3. The van der Waals surface area contributed by atoms with Crippen molar-refractivity contribution in [3.05, 3.63) is 63.6 Å². The fourth-order valence-electron chi connectivity index (χ4n) is 3.49. The lowest BCUT2D eigenvalue weighted by Crippen LogP contribution is -2.41. The highest BCUT2D eigenvalue weighted by atomic mass is 16.5. The molecule has 1 aromatic carbocycles. The lowest BCUT2D eigenvalue weighted by atomic mass is 9.91. The summed E-state index contributed by atoms with van der Waals surface area (Å²) in [5, 5.41) is 0. The molecule has 1 aromatic heterocycles. The molecule has 1 saturated heterocycles. The highest BCUT2D eigenvalue weighted by molar-refractivity contribution is 5.95. The largest absolute Gasteiger partial charge is 0.497 e. The maximum Gasteiger partial charge on any atom is 0.255 e. The smallest absolute Gasteiger partial charge is 0.255 e. The van der Waals surface area contributed by atoms with E-state index in [0.717, 1.165) is 43.7 Å². The van der Waals surface area contributed by atoms with Crippen LogP contribution in [0.5, 0.6) is 5.75 Å². The molecule has 1 aliphatic rings. The number of methoxy groups -OCH3 is 1. The molecule has 0 bridgehead atoms. The van der Waals surface area contributed by atoms with Gasteiger partial charge in [0.05, 0.1) is 12.7 Å². The number of aromatic nitrogens is 1. The Hall–Kier alpha value is -2.56. The van der Waals surface area contributed by atoms with Gasteiger partial charge in [-0.05, 0) is 55.4 Å². The topological polar surface area (TPSA) is 62.4 Å². The van der Waals surface area contributed by atoms with Crippen molar-refractivity contribution in [1.29, 1.82) is 0 Å². The van der Waals surface area contributed by atoms with E-state index < -0.39 is 0 Å². The molecule has 5 heteroatoms. The zero-order valence-corrected chi connectivity index (χ0v) is 14.7. The molecule has 1 N–H and O–H groups in total. The molecule has 1 aliphatic heterocycles. The Labute approximate surface area is 147 Å². The number of ether oxygens (including phenoxy) is 1. The molecule has 1 unspecified atom stereocenters. The van der Waals surface area contributed by atoms with E-state index >= 15 is 0 Å². The predicted octanol–water partition coefficient (Wildman–Crippen LogP) is 2.79. The van der Waals surface area contributed by atoms with E-state index in [9.17, 15) is 9.59 Å². The minimum atomic E-state index is -0.176. The molecule has 25 heavy (non-hydrogen) atoms. The maximum atomic E-state index is 12.8. The Morgan fingerprint density at radius 3 is 2.76 bits per heavy atom. The number of nitrogens with one attached hydrogen (secondary N) is 1. The Morgan fingerprint density at radius 2 is 2.08 bits per heavy atom. The zero-order valence-electron chi connectivity index (χ0n) is 14.7. The summed E-state index contributed by atoms with van der Waals surface area (Å²) in [7, 11) is 1.67. The van der Waals surface area contributed by atoms with Crippen LogP contribution in [-0.2, 0) is 6.42 Å². The van der Waals surface area contributed by atoms with Crippen LogP contribution in [0.3, 0.4) is 0 Å². The van der Waals surface area contributed by atoms with Crippen molar-refractivity contribution in [2.24, 2.45) is 5.92 Å². The second-order valence-corrected chi connectivity index (χ2v) is 6.71. The summed E-state index contributed by atoms with van der Waals surface area (Å²) in [5.41, 5.74) is 2.40. The summed E-state index contributed by atoms with van der Waals surface area (Å²) >= 11 is 0. The van der Waals surface area contributed by atoms with Gasteiger partial charge in [-0.2, -0.15) is 0 Å². The maximum absolute atomic E-state index is 12.8. The number of carbonyl (C=O) groups is 1. The third-order valence-electron chi connectivity index (χ3n) is 4.85. The van der Waals surface area contributed by atoms with Gasteiger partial charge < -0.3 is 14.6 Å². The van der Waals surface area contributed by atoms with Crippen molar-refractivity contribution >= 4 is 5.91 Å². The number of hydrogen-bond donors (Lipinski definition) is 1. The van der Waals surface area contributed by atoms with Crippen LogP contribution in [0.4, 0.5) is 0 Å². The molecule has 2 aromatic rings. The Balaban J connectivity index is 1.67. The molecule has 2 heterocycles. The highest BCUT2D eigenvalue weighted by Gasteiger charge is 2.25. The summed E-state index contributed by atoms with van der Waals surface area (Å²) in [5.74, 6) is 1.32. The number of aryl methyl sites for hydroxylation is 1. The lowest BCUT2D eigenvalue weighted by Gasteiger charge is -2.33. The van der Waals surface area contributed by atoms with Gasteiger partial charge in [-0.3, -0.25) is 9.59 Å². The normalized spacial score (nSPS) is 17.4. The average Bonchev–Trinajstić information content (AvgIpc) is 2.62. The number of aromatic amines is 1. The molecule has 1 atom stereocenters. The van der Waals surface area contributed by atoms with Crippen LogP contribution in [0.15, 0.2) is 41.3 Å². The van der Waals surface area contributed by atoms with Crippen LogP contribution in [-0.4, -0.2) is 36.0 Å². The fraction of sp³-hybridized carbons (Fsp3) is 0.400. The number of benzene rings is 1. The Morgan fingerprint density at radius 1 is 1.32 bits per heavy atom. The number of H-pyrrole nitrogens is 1. The Bertz CT molecular complexity index is 795. The summed E-state index contributed by atoms with van der Waals surface area (Å²) in [6.45, 7) is 3.33. The molecule has 5 nitrogen and oxygen atoms in total. The minimum absolute atomic E-state index is 0.00757. The first kappa shape index (κ1) is 17.3. The van der Waals surface area contributed by atoms with E-state index in [0.29, 0.717) is 11.5 Å². The van der Waals surface area contributed by atoms with Crippen LogP contribution < -0.4 is 10.3 Å². The Kier molecular flexibility index (Phi) is 5.22. The predicted molar refractivity (Wildman–Crippen MR) is 97.1 cm³/mol. The van der Waals surface area contributed by atoms with Crippen molar-refractivity contribution in [3.8, 4) is 5.75 Å². The fourth-order valence-corrected chi connectivity index (χ4v) is 3.49.